The van der Waals surface area contributed by atoms with Gasteiger partial charge in [0.1, 0.15) is 7.14 Å². The molecule has 2 N–H and O–H groups in total. The lowest BCUT2D eigenvalue weighted by Crippen LogP contribution is -2.35. The molecule has 5 aromatic rings. The second-order valence-corrected chi connectivity index (χ2v) is 14.9. The Labute approximate surface area is 248 Å². The number of hydrogen-bond acceptors (Lipinski definition) is 4. The molecule has 0 radical (unpaired) electrons. The molecule has 0 unspecified atom stereocenters. The zero-order chi connectivity index (χ0) is 29.6. The highest BCUT2D eigenvalue weighted by molar-refractivity contribution is 7.70. The van der Waals surface area contributed by atoms with Gasteiger partial charge in [0.15, 0.2) is 0 Å². The third-order valence-corrected chi connectivity index (χ3v) is 9.55. The van der Waals surface area contributed by atoms with E-state index in [1.54, 1.807) is 43.8 Å². The van der Waals surface area contributed by atoms with E-state index in [-0.39, 0.29) is 11.5 Å². The summed E-state index contributed by atoms with van der Waals surface area (Å²) in [6, 6.07) is 25.7. The van der Waals surface area contributed by atoms with Gasteiger partial charge in [-0.05, 0) is 90.9 Å². The van der Waals surface area contributed by atoms with Crippen LogP contribution in [-0.2, 0) is 16.6 Å². The predicted molar refractivity (Wildman–Crippen MR) is 167 cm³/mol. The molecule has 0 bridgehead atoms. The average Bonchev–Trinajstić information content (AvgIpc) is 3.64. The van der Waals surface area contributed by atoms with Crippen molar-refractivity contribution >= 4 is 46.8 Å². The van der Waals surface area contributed by atoms with Crippen LogP contribution in [-0.4, -0.2) is 40.1 Å². The quantitative estimate of drug-likeness (QED) is 0.192. The summed E-state index contributed by atoms with van der Waals surface area (Å²) in [7, 11) is -2.49. The first kappa shape index (κ1) is 28.0. The van der Waals surface area contributed by atoms with E-state index in [2.05, 4.69) is 10.4 Å². The highest BCUT2D eigenvalue weighted by Gasteiger charge is 2.46. The number of carbonyl (C=O) groups excluding carboxylic acids is 1. The van der Waals surface area contributed by atoms with Gasteiger partial charge in [-0.1, -0.05) is 54.1 Å². The van der Waals surface area contributed by atoms with Crippen LogP contribution in [0.3, 0.4) is 0 Å². The maximum Gasteiger partial charge on any atom is 0.335 e. The normalized spacial score (nSPS) is 14.1. The summed E-state index contributed by atoms with van der Waals surface area (Å²) in [4.78, 5) is 25.5. The van der Waals surface area contributed by atoms with Crippen LogP contribution in [0.4, 0.5) is 0 Å². The van der Waals surface area contributed by atoms with E-state index in [0.717, 1.165) is 45.8 Å². The molecule has 0 atom stereocenters. The lowest BCUT2D eigenvalue weighted by Gasteiger charge is -2.20. The molecule has 1 fully saturated rings. The maximum atomic E-state index is 14.1. The van der Waals surface area contributed by atoms with E-state index in [9.17, 15) is 19.3 Å². The number of hydrogen-bond donors (Lipinski definition) is 2. The van der Waals surface area contributed by atoms with Gasteiger partial charge in [0.2, 0.25) is 0 Å². The van der Waals surface area contributed by atoms with Crippen LogP contribution in [0.1, 0.15) is 44.7 Å². The molecule has 1 aliphatic carbocycles. The van der Waals surface area contributed by atoms with Gasteiger partial charge in [-0.2, -0.15) is 5.10 Å². The minimum absolute atomic E-state index is 0.200. The molecule has 4 aromatic carbocycles. The number of carboxylic acids is 1. The van der Waals surface area contributed by atoms with Crippen molar-refractivity contribution in [3.63, 3.8) is 0 Å². The number of halogens is 1. The molecular formula is C33H29ClN3O4P. The first-order chi connectivity index (χ1) is 20.0. The van der Waals surface area contributed by atoms with Crippen LogP contribution in [0.15, 0.2) is 91.1 Å². The van der Waals surface area contributed by atoms with Crippen LogP contribution < -0.4 is 10.6 Å². The lowest BCUT2D eigenvalue weighted by atomic mass is 9.98. The second-order valence-electron chi connectivity index (χ2n) is 11.2. The van der Waals surface area contributed by atoms with Crippen LogP contribution in [0, 0.1) is 0 Å². The second kappa shape index (κ2) is 10.6. The first-order valence-electron chi connectivity index (χ1n) is 13.6. The van der Waals surface area contributed by atoms with Crippen molar-refractivity contribution in [2.24, 2.45) is 0 Å². The summed E-state index contributed by atoms with van der Waals surface area (Å²) in [5, 5.41) is 19.4. The van der Waals surface area contributed by atoms with Gasteiger partial charge in [0.05, 0.1) is 34.9 Å². The van der Waals surface area contributed by atoms with Gasteiger partial charge < -0.3 is 15.0 Å². The van der Waals surface area contributed by atoms with E-state index in [4.69, 9.17) is 11.6 Å². The van der Waals surface area contributed by atoms with E-state index in [0.29, 0.717) is 22.6 Å². The van der Waals surface area contributed by atoms with Crippen molar-refractivity contribution in [2.45, 2.75) is 24.9 Å². The number of nitrogens with zero attached hydrogens (tertiary/aromatic N) is 2. The van der Waals surface area contributed by atoms with Crippen LogP contribution >= 0.6 is 18.7 Å². The zero-order valence-corrected chi connectivity index (χ0v) is 24.8. The highest BCUT2D eigenvalue weighted by Crippen LogP contribution is 2.46. The molecule has 0 saturated heterocycles. The number of rotatable bonds is 8. The molecule has 1 aliphatic rings. The van der Waals surface area contributed by atoms with Crippen molar-refractivity contribution in [3.8, 4) is 11.1 Å². The van der Waals surface area contributed by atoms with E-state index in [1.165, 1.54) is 0 Å². The standard InChI is InChI=1S/C33H29ClN3O4P/c1-42(2,41)28-8-4-6-23(17-28)24-16-25-19-35-37(20-21-5-3-7-27(34)15-21)30(25)29(18-24)31(38)36-33(13-14-33)26-11-9-22(10-12-26)32(39)40/h3-12,15-19H,13-14,20H2,1-2H3,(H,36,38)(H,39,40). The molecule has 7 nitrogen and oxygen atoms in total. The van der Waals surface area contributed by atoms with E-state index >= 15 is 0 Å². The Hall–Kier alpha value is -4.19. The minimum atomic E-state index is -2.49. The number of amides is 1. The molecule has 1 amide bonds. The molecule has 1 heterocycles. The Morgan fingerprint density at radius 3 is 2.38 bits per heavy atom. The number of nitrogens with one attached hydrogen (secondary N) is 1. The number of aromatic nitrogens is 2. The molecule has 0 spiro atoms. The molecule has 0 aliphatic heterocycles. The van der Waals surface area contributed by atoms with Crippen molar-refractivity contribution in [2.75, 3.05) is 13.3 Å². The van der Waals surface area contributed by atoms with Gasteiger partial charge in [0.25, 0.3) is 5.91 Å². The summed E-state index contributed by atoms with van der Waals surface area (Å²) < 4.78 is 14.6. The Kier molecular flexibility index (Phi) is 7.04. The van der Waals surface area contributed by atoms with Gasteiger partial charge in [-0.3, -0.25) is 9.48 Å². The highest BCUT2D eigenvalue weighted by atomic mass is 35.5. The topological polar surface area (TPSA) is 101 Å². The summed E-state index contributed by atoms with van der Waals surface area (Å²) in [6.45, 7) is 3.91. The fraction of sp³-hybridized carbons (Fsp3) is 0.182. The number of fused-ring (bicyclic) bond motifs is 1. The fourth-order valence-electron chi connectivity index (χ4n) is 5.35. The SMILES string of the molecule is CP(C)(=O)c1cccc(-c2cc(C(=O)NC3(c4ccc(C(=O)O)cc4)CC3)c3c(cnn3Cc3cccc(Cl)c3)c2)c1. The van der Waals surface area contributed by atoms with Crippen molar-refractivity contribution in [1.82, 2.24) is 15.1 Å². The molecule has 6 rings (SSSR count). The maximum absolute atomic E-state index is 14.1. The van der Waals surface area contributed by atoms with Crippen LogP contribution in [0.25, 0.3) is 22.0 Å². The summed E-state index contributed by atoms with van der Waals surface area (Å²) in [5.41, 5.74) is 4.31. The van der Waals surface area contributed by atoms with Gasteiger partial charge in [-0.15, -0.1) is 0 Å². The third kappa shape index (κ3) is 5.50. The monoisotopic (exact) mass is 597 g/mol. The van der Waals surface area contributed by atoms with Crippen molar-refractivity contribution in [3.05, 3.63) is 118 Å². The lowest BCUT2D eigenvalue weighted by molar-refractivity contribution is 0.0696. The van der Waals surface area contributed by atoms with E-state index < -0.39 is 18.7 Å². The smallest absolute Gasteiger partial charge is 0.335 e. The average molecular weight is 598 g/mol. The number of carboxylic acid groups (broad SMARTS) is 1. The number of carbonyl (C=O) groups is 2. The van der Waals surface area contributed by atoms with Crippen molar-refractivity contribution in [1.29, 1.82) is 0 Å². The molecule has 42 heavy (non-hydrogen) atoms. The Bertz CT molecular complexity index is 1900. The molecule has 212 valence electrons. The van der Waals surface area contributed by atoms with E-state index in [1.807, 2.05) is 65.3 Å². The molecule has 1 aromatic heterocycles. The number of benzene rings is 4. The Morgan fingerprint density at radius 2 is 1.71 bits per heavy atom. The summed E-state index contributed by atoms with van der Waals surface area (Å²) in [5.74, 6) is -1.24. The predicted octanol–water partition coefficient (Wildman–Crippen LogP) is 6.77. The fourth-order valence-corrected chi connectivity index (χ4v) is 6.46. The van der Waals surface area contributed by atoms with Gasteiger partial charge in [0, 0.05) is 15.7 Å². The molecular weight excluding hydrogens is 569 g/mol. The Morgan fingerprint density at radius 1 is 0.976 bits per heavy atom. The molecule has 1 saturated carbocycles. The minimum Gasteiger partial charge on any atom is -0.478 e. The molecule has 9 heteroatoms. The van der Waals surface area contributed by atoms with Gasteiger partial charge >= 0.3 is 5.97 Å². The van der Waals surface area contributed by atoms with Crippen LogP contribution in [0.2, 0.25) is 5.02 Å². The number of aromatic carboxylic acids is 1. The zero-order valence-electron chi connectivity index (χ0n) is 23.2. The van der Waals surface area contributed by atoms with Gasteiger partial charge in [-0.25, -0.2) is 4.79 Å². The third-order valence-electron chi connectivity index (χ3n) is 7.79. The first-order valence-corrected chi connectivity index (χ1v) is 16.6. The van der Waals surface area contributed by atoms with Crippen molar-refractivity contribution < 1.29 is 19.3 Å². The van der Waals surface area contributed by atoms with Crippen LogP contribution in [0.5, 0.6) is 0 Å². The Balaban J connectivity index is 1.44. The summed E-state index contributed by atoms with van der Waals surface area (Å²) in [6.07, 6.45) is 3.26. The largest absolute Gasteiger partial charge is 0.478 e. The summed E-state index contributed by atoms with van der Waals surface area (Å²) >= 11 is 6.24.